The molecular formula is C27H44Si. The average molecular weight is 397 g/mol. The van der Waals surface area contributed by atoms with Gasteiger partial charge < -0.3 is 0 Å². The zero-order valence-corrected chi connectivity index (χ0v) is 21.4. The van der Waals surface area contributed by atoms with E-state index in [1.165, 1.54) is 16.7 Å². The van der Waals surface area contributed by atoms with E-state index >= 15 is 0 Å². The van der Waals surface area contributed by atoms with Gasteiger partial charge in [0.25, 0.3) is 0 Å². The maximum atomic E-state index is 2.46. The zero-order valence-electron chi connectivity index (χ0n) is 20.4. The maximum absolute atomic E-state index is 2.46. The smallest absolute Gasteiger partial charge is 0.0656 e. The van der Waals surface area contributed by atoms with Crippen LogP contribution < -0.4 is 5.19 Å². The first kappa shape index (κ1) is 24.7. The quantitative estimate of drug-likeness (QED) is 0.445. The minimum atomic E-state index is -1.17. The van der Waals surface area contributed by atoms with E-state index in [2.05, 4.69) is 117 Å². The molecular weight excluding hydrogens is 352 g/mol. The lowest BCUT2D eigenvalue weighted by Crippen LogP contribution is -2.38. The number of rotatable bonds is 5. The molecule has 0 bridgehead atoms. The third-order valence-electron chi connectivity index (χ3n) is 5.44. The summed E-state index contributed by atoms with van der Waals surface area (Å²) < 4.78 is 0. The molecule has 2 rings (SSSR count). The summed E-state index contributed by atoms with van der Waals surface area (Å²) in [6.07, 6.45) is 0. The molecule has 0 unspecified atom stereocenters. The van der Waals surface area contributed by atoms with Gasteiger partial charge in [-0.25, -0.2) is 0 Å². The molecule has 0 heterocycles. The first-order chi connectivity index (χ1) is 12.9. The molecule has 28 heavy (non-hydrogen) atoms. The fraction of sp³-hybridized carbons (Fsp3) is 0.556. The standard InChI is InChI=1S/C15H26Si.C12H18/c1-11(2)14-9-8-13(16(5,6)7)10-15(14)12(3)4;1-9(2)11-7-5-6-8-12(11)10(3)4/h8-12H,1-7H3;5-10H,1-4H3. The van der Waals surface area contributed by atoms with Gasteiger partial charge in [-0.1, -0.05) is 123 Å². The van der Waals surface area contributed by atoms with Crippen molar-refractivity contribution >= 4 is 13.3 Å². The van der Waals surface area contributed by atoms with E-state index in [0.29, 0.717) is 23.7 Å². The molecule has 0 nitrogen and oxygen atoms in total. The van der Waals surface area contributed by atoms with Gasteiger partial charge in [-0.2, -0.15) is 0 Å². The van der Waals surface area contributed by atoms with E-state index in [9.17, 15) is 0 Å². The molecule has 1 heteroatoms. The largest absolute Gasteiger partial charge is 0.0776 e. The highest BCUT2D eigenvalue weighted by atomic mass is 28.3. The van der Waals surface area contributed by atoms with Crippen molar-refractivity contribution in [3.63, 3.8) is 0 Å². The summed E-state index contributed by atoms with van der Waals surface area (Å²) in [7, 11) is -1.17. The Morgan fingerprint density at radius 3 is 1.18 bits per heavy atom. The van der Waals surface area contributed by atoms with Crippen molar-refractivity contribution in [2.45, 2.75) is 98.7 Å². The van der Waals surface area contributed by atoms with E-state index in [4.69, 9.17) is 0 Å². The molecule has 0 fully saturated rings. The highest BCUT2D eigenvalue weighted by molar-refractivity contribution is 6.88. The minimum Gasteiger partial charge on any atom is -0.0656 e. The van der Waals surface area contributed by atoms with Crippen molar-refractivity contribution in [1.29, 1.82) is 0 Å². The molecule has 0 spiro atoms. The van der Waals surface area contributed by atoms with Gasteiger partial charge in [0.15, 0.2) is 0 Å². The van der Waals surface area contributed by atoms with Crippen molar-refractivity contribution in [3.8, 4) is 0 Å². The van der Waals surface area contributed by atoms with Gasteiger partial charge in [0, 0.05) is 0 Å². The number of hydrogen-bond donors (Lipinski definition) is 0. The Balaban J connectivity index is 0.000000292. The van der Waals surface area contributed by atoms with Crippen molar-refractivity contribution in [3.05, 3.63) is 64.7 Å². The number of hydrogen-bond acceptors (Lipinski definition) is 0. The van der Waals surface area contributed by atoms with E-state index < -0.39 is 8.07 Å². The third-order valence-corrected chi connectivity index (χ3v) is 7.48. The topological polar surface area (TPSA) is 0 Å². The second-order valence-electron chi connectivity index (χ2n) is 10.3. The monoisotopic (exact) mass is 396 g/mol. The maximum Gasteiger partial charge on any atom is 0.0776 e. The van der Waals surface area contributed by atoms with E-state index in [1.54, 1.807) is 10.8 Å². The van der Waals surface area contributed by atoms with Crippen LogP contribution in [-0.4, -0.2) is 8.07 Å². The summed E-state index contributed by atoms with van der Waals surface area (Å²) in [5.41, 5.74) is 6.06. The highest BCUT2D eigenvalue weighted by Gasteiger charge is 2.19. The molecule has 2 aromatic rings. The zero-order chi connectivity index (χ0) is 21.6. The van der Waals surface area contributed by atoms with Crippen LogP contribution >= 0.6 is 0 Å². The predicted molar refractivity (Wildman–Crippen MR) is 132 cm³/mol. The highest BCUT2D eigenvalue weighted by Crippen LogP contribution is 2.26. The molecule has 0 radical (unpaired) electrons. The second kappa shape index (κ2) is 10.4. The molecule has 2 aromatic carbocycles. The number of benzene rings is 2. The van der Waals surface area contributed by atoms with Gasteiger partial charge in [0.05, 0.1) is 8.07 Å². The Bertz CT molecular complexity index is 703. The first-order valence-electron chi connectivity index (χ1n) is 11.1. The summed E-state index contributed by atoms with van der Waals surface area (Å²) in [5, 5.41) is 1.58. The van der Waals surface area contributed by atoms with Crippen molar-refractivity contribution < 1.29 is 0 Å². The van der Waals surface area contributed by atoms with Crippen LogP contribution in [0.5, 0.6) is 0 Å². The van der Waals surface area contributed by atoms with Crippen LogP contribution in [0, 0.1) is 0 Å². The molecule has 0 aromatic heterocycles. The second-order valence-corrected chi connectivity index (χ2v) is 15.4. The van der Waals surface area contributed by atoms with Gasteiger partial charge in [0.2, 0.25) is 0 Å². The van der Waals surface area contributed by atoms with Crippen molar-refractivity contribution in [2.24, 2.45) is 0 Å². The van der Waals surface area contributed by atoms with Gasteiger partial charge in [-0.15, -0.1) is 0 Å². The lowest BCUT2D eigenvalue weighted by atomic mass is 9.91. The van der Waals surface area contributed by atoms with E-state index in [0.717, 1.165) is 0 Å². The first-order valence-corrected chi connectivity index (χ1v) is 14.6. The van der Waals surface area contributed by atoms with Crippen LogP contribution in [0.4, 0.5) is 0 Å². The Kier molecular flexibility index (Phi) is 9.21. The Labute approximate surface area is 176 Å². The molecule has 0 N–H and O–H groups in total. The van der Waals surface area contributed by atoms with Crippen molar-refractivity contribution in [2.75, 3.05) is 0 Å². The van der Waals surface area contributed by atoms with Crippen molar-refractivity contribution in [1.82, 2.24) is 0 Å². The van der Waals surface area contributed by atoms with Crippen LogP contribution in [0.3, 0.4) is 0 Å². The lowest BCUT2D eigenvalue weighted by Gasteiger charge is -2.22. The fourth-order valence-corrected chi connectivity index (χ4v) is 4.80. The molecule has 0 atom stereocenters. The molecule has 0 saturated carbocycles. The SMILES string of the molecule is CC(C)c1ccc([Si](C)(C)C)cc1C(C)C.CC(C)c1ccccc1C(C)C. The summed E-state index contributed by atoms with van der Waals surface area (Å²) in [5.74, 6) is 2.55. The van der Waals surface area contributed by atoms with Crippen LogP contribution in [0.2, 0.25) is 19.6 Å². The van der Waals surface area contributed by atoms with Crippen LogP contribution in [0.1, 0.15) is 101 Å². The summed E-state index contributed by atoms with van der Waals surface area (Å²) in [4.78, 5) is 0. The fourth-order valence-electron chi connectivity index (χ4n) is 3.63. The molecule has 156 valence electrons. The Morgan fingerprint density at radius 1 is 0.500 bits per heavy atom. The van der Waals surface area contributed by atoms with Gasteiger partial charge >= 0.3 is 0 Å². The van der Waals surface area contributed by atoms with E-state index in [1.807, 2.05) is 0 Å². The van der Waals surface area contributed by atoms with Gasteiger partial charge in [-0.05, 0) is 45.9 Å². The Hall–Kier alpha value is -1.34. The minimum absolute atomic E-state index is 0.632. The molecule has 0 amide bonds. The van der Waals surface area contributed by atoms with E-state index in [-0.39, 0.29) is 0 Å². The summed E-state index contributed by atoms with van der Waals surface area (Å²) in [6.45, 7) is 25.4. The average Bonchev–Trinajstić information content (AvgIpc) is 2.60. The normalized spacial score (nSPS) is 12.0. The summed E-state index contributed by atoms with van der Waals surface area (Å²) >= 11 is 0. The molecule has 0 aliphatic carbocycles. The van der Waals surface area contributed by atoms with Gasteiger partial charge in [-0.3, -0.25) is 0 Å². The molecule has 0 saturated heterocycles. The summed E-state index contributed by atoms with van der Waals surface area (Å²) in [6, 6.07) is 15.9. The Morgan fingerprint density at radius 2 is 0.857 bits per heavy atom. The van der Waals surface area contributed by atoms with Crippen LogP contribution in [0.15, 0.2) is 42.5 Å². The predicted octanol–water partition coefficient (Wildman–Crippen LogP) is 8.41. The third kappa shape index (κ3) is 6.92. The van der Waals surface area contributed by atoms with Crippen LogP contribution in [-0.2, 0) is 0 Å². The molecule has 0 aliphatic rings. The van der Waals surface area contributed by atoms with Gasteiger partial charge in [0.1, 0.15) is 0 Å². The molecule has 0 aliphatic heterocycles. The van der Waals surface area contributed by atoms with Crippen LogP contribution in [0.25, 0.3) is 0 Å². The lowest BCUT2D eigenvalue weighted by molar-refractivity contribution is 0.790.